The first kappa shape index (κ1) is 21.0. The van der Waals surface area contributed by atoms with Crippen LogP contribution in [0.1, 0.15) is 42.4 Å². The third kappa shape index (κ3) is 4.13. The molecule has 0 N–H and O–H groups in total. The number of sulfonamides is 1. The summed E-state index contributed by atoms with van der Waals surface area (Å²) in [6, 6.07) is 13.8. The summed E-state index contributed by atoms with van der Waals surface area (Å²) in [5.74, 6) is 2.07. The highest BCUT2D eigenvalue weighted by atomic mass is 32.2. The third-order valence-corrected chi connectivity index (χ3v) is 9.27. The lowest BCUT2D eigenvalue weighted by atomic mass is 9.82. The molecule has 31 heavy (non-hydrogen) atoms. The van der Waals surface area contributed by atoms with Gasteiger partial charge in [0, 0.05) is 32.7 Å². The summed E-state index contributed by atoms with van der Waals surface area (Å²) in [7, 11) is -2.09. The van der Waals surface area contributed by atoms with Gasteiger partial charge in [0.05, 0.1) is 7.11 Å². The van der Waals surface area contributed by atoms with E-state index in [0.29, 0.717) is 23.7 Å². The Kier molecular flexibility index (Phi) is 5.80. The maximum atomic E-state index is 13.6. The molecule has 0 bridgehead atoms. The Hall–Kier alpha value is -1.89. The second kappa shape index (κ2) is 8.57. The fourth-order valence-corrected chi connectivity index (χ4v) is 7.35. The quantitative estimate of drug-likeness (QED) is 0.703. The van der Waals surface area contributed by atoms with Crippen molar-refractivity contribution >= 4 is 10.0 Å². The number of rotatable bonds is 5. The van der Waals surface area contributed by atoms with Gasteiger partial charge in [0.15, 0.2) is 0 Å². The molecule has 0 amide bonds. The van der Waals surface area contributed by atoms with Gasteiger partial charge in [0.25, 0.3) is 0 Å². The predicted octanol–water partition coefficient (Wildman–Crippen LogP) is 4.06. The van der Waals surface area contributed by atoms with Crippen molar-refractivity contribution in [3.63, 3.8) is 0 Å². The number of hydrogen-bond acceptors (Lipinski definition) is 4. The molecule has 2 aromatic carbocycles. The highest BCUT2D eigenvalue weighted by Crippen LogP contribution is 2.37. The van der Waals surface area contributed by atoms with Crippen molar-refractivity contribution < 1.29 is 13.2 Å². The number of hydrogen-bond donors (Lipinski definition) is 0. The Morgan fingerprint density at radius 3 is 2.42 bits per heavy atom. The number of benzene rings is 2. The van der Waals surface area contributed by atoms with Gasteiger partial charge in [0.1, 0.15) is 10.6 Å². The van der Waals surface area contributed by atoms with Gasteiger partial charge < -0.3 is 4.74 Å². The van der Waals surface area contributed by atoms with Gasteiger partial charge in [-0.1, -0.05) is 43.2 Å². The second-order valence-corrected chi connectivity index (χ2v) is 11.2. The molecule has 6 heteroatoms. The summed E-state index contributed by atoms with van der Waals surface area (Å²) in [5, 5.41) is 0. The Bertz CT molecular complexity index is 1040. The molecule has 2 aliphatic heterocycles. The predicted molar refractivity (Wildman–Crippen MR) is 121 cm³/mol. The number of ether oxygens (including phenoxy) is 1. The van der Waals surface area contributed by atoms with E-state index in [2.05, 4.69) is 11.0 Å². The highest BCUT2D eigenvalue weighted by molar-refractivity contribution is 7.89. The van der Waals surface area contributed by atoms with E-state index in [4.69, 9.17) is 4.74 Å². The van der Waals surface area contributed by atoms with Crippen LogP contribution in [0.2, 0.25) is 0 Å². The zero-order valence-corrected chi connectivity index (χ0v) is 19.1. The van der Waals surface area contributed by atoms with Crippen LogP contribution in [-0.4, -0.2) is 44.4 Å². The van der Waals surface area contributed by atoms with Crippen LogP contribution < -0.4 is 4.74 Å². The lowest BCUT2D eigenvalue weighted by Gasteiger charge is -2.29. The van der Waals surface area contributed by atoms with Gasteiger partial charge in [-0.05, 0) is 59.9 Å². The molecule has 0 radical (unpaired) electrons. The molecule has 2 fully saturated rings. The zero-order chi connectivity index (χ0) is 21.4. The molecule has 1 saturated heterocycles. The van der Waals surface area contributed by atoms with E-state index in [0.717, 1.165) is 49.0 Å². The molecule has 3 aliphatic rings. The smallest absolute Gasteiger partial charge is 0.247 e. The van der Waals surface area contributed by atoms with Crippen LogP contribution in [0.15, 0.2) is 47.4 Å². The van der Waals surface area contributed by atoms with Crippen molar-refractivity contribution in [2.45, 2.75) is 50.1 Å². The van der Waals surface area contributed by atoms with Gasteiger partial charge in [-0.25, -0.2) is 8.42 Å². The van der Waals surface area contributed by atoms with Crippen molar-refractivity contribution in [3.8, 4) is 5.75 Å². The minimum atomic E-state index is -3.63. The van der Waals surface area contributed by atoms with Crippen molar-refractivity contribution in [2.24, 2.45) is 11.8 Å². The number of nitrogens with zero attached hydrogens (tertiary/aromatic N) is 2. The Balaban J connectivity index is 1.38. The van der Waals surface area contributed by atoms with Crippen LogP contribution in [0, 0.1) is 11.8 Å². The lowest BCUT2D eigenvalue weighted by Crippen LogP contribution is -2.36. The molecular weight excluding hydrogens is 408 g/mol. The van der Waals surface area contributed by atoms with E-state index in [1.807, 2.05) is 36.4 Å². The largest absolute Gasteiger partial charge is 0.495 e. The molecular formula is C25H32N2O3S. The Morgan fingerprint density at radius 2 is 1.71 bits per heavy atom. The van der Waals surface area contributed by atoms with Crippen molar-refractivity contribution in [2.75, 3.05) is 26.7 Å². The molecule has 1 aliphatic carbocycles. The standard InChI is InChI=1S/C25H32N2O3S/c1-30-24-11-10-19(15-26-16-21-7-4-5-8-22(21)17-26)14-25(24)31(28,29)27-13-12-20-6-2-3-9-23(20)18-27/h2-3,6,9-11,14,21-22H,4-5,7-8,12-13,15-18H2,1H3. The van der Waals surface area contributed by atoms with Crippen LogP contribution in [0.5, 0.6) is 5.75 Å². The first-order valence-corrected chi connectivity index (χ1v) is 12.9. The summed E-state index contributed by atoms with van der Waals surface area (Å²) in [5.41, 5.74) is 3.38. The van der Waals surface area contributed by atoms with Crippen LogP contribution in [0.25, 0.3) is 0 Å². The van der Waals surface area contributed by atoms with Crippen molar-refractivity contribution in [1.82, 2.24) is 9.21 Å². The first-order chi connectivity index (χ1) is 15.0. The maximum Gasteiger partial charge on any atom is 0.247 e. The lowest BCUT2D eigenvalue weighted by molar-refractivity contribution is 0.299. The van der Waals surface area contributed by atoms with Gasteiger partial charge in [0.2, 0.25) is 10.0 Å². The maximum absolute atomic E-state index is 13.6. The normalized spacial score (nSPS) is 24.5. The van der Waals surface area contributed by atoms with Crippen LogP contribution >= 0.6 is 0 Å². The van der Waals surface area contributed by atoms with Gasteiger partial charge in [-0.3, -0.25) is 4.90 Å². The molecule has 2 atom stereocenters. The van der Waals surface area contributed by atoms with Gasteiger partial charge in [-0.2, -0.15) is 4.31 Å². The summed E-state index contributed by atoms with van der Waals surface area (Å²) in [6.45, 7) is 4.01. The molecule has 1 saturated carbocycles. The molecule has 0 aromatic heterocycles. The third-order valence-electron chi connectivity index (χ3n) is 7.40. The van der Waals surface area contributed by atoms with Crippen LogP contribution in [-0.2, 0) is 29.5 Å². The highest BCUT2D eigenvalue weighted by Gasteiger charge is 2.35. The van der Waals surface area contributed by atoms with E-state index in [1.165, 1.54) is 31.2 Å². The summed E-state index contributed by atoms with van der Waals surface area (Å²) in [4.78, 5) is 2.80. The molecule has 0 spiro atoms. The van der Waals surface area contributed by atoms with Crippen LogP contribution in [0.3, 0.4) is 0 Å². The Labute approximate surface area is 186 Å². The average Bonchev–Trinajstić information content (AvgIpc) is 3.21. The van der Waals surface area contributed by atoms with Crippen molar-refractivity contribution in [1.29, 1.82) is 0 Å². The van der Waals surface area contributed by atoms with E-state index in [1.54, 1.807) is 11.4 Å². The molecule has 166 valence electrons. The average molecular weight is 441 g/mol. The molecule has 5 nitrogen and oxygen atoms in total. The Morgan fingerprint density at radius 1 is 1.00 bits per heavy atom. The second-order valence-electron chi connectivity index (χ2n) is 9.34. The monoisotopic (exact) mass is 440 g/mol. The van der Waals surface area contributed by atoms with Gasteiger partial charge >= 0.3 is 0 Å². The number of methoxy groups -OCH3 is 1. The minimum Gasteiger partial charge on any atom is -0.495 e. The zero-order valence-electron chi connectivity index (χ0n) is 18.3. The topological polar surface area (TPSA) is 49.9 Å². The molecule has 2 aromatic rings. The molecule has 2 heterocycles. The van der Waals surface area contributed by atoms with E-state index in [-0.39, 0.29) is 0 Å². The molecule has 2 unspecified atom stereocenters. The minimum absolute atomic E-state index is 0.295. The fraction of sp³-hybridized carbons (Fsp3) is 0.520. The number of likely N-dealkylation sites (tertiary alicyclic amines) is 1. The van der Waals surface area contributed by atoms with E-state index < -0.39 is 10.0 Å². The fourth-order valence-electron chi connectivity index (χ4n) is 5.73. The van der Waals surface area contributed by atoms with E-state index >= 15 is 0 Å². The SMILES string of the molecule is COc1ccc(CN2CC3CCCCC3C2)cc1S(=O)(=O)N1CCc2ccccc2C1. The van der Waals surface area contributed by atoms with Crippen LogP contribution in [0.4, 0.5) is 0 Å². The summed E-state index contributed by atoms with van der Waals surface area (Å²) in [6.07, 6.45) is 6.16. The molecule has 5 rings (SSSR count). The van der Waals surface area contributed by atoms with Gasteiger partial charge in [-0.15, -0.1) is 0 Å². The number of fused-ring (bicyclic) bond motifs is 2. The summed E-state index contributed by atoms with van der Waals surface area (Å²) < 4.78 is 34.3. The van der Waals surface area contributed by atoms with E-state index in [9.17, 15) is 8.42 Å². The van der Waals surface area contributed by atoms with Crippen molar-refractivity contribution in [3.05, 3.63) is 59.2 Å². The first-order valence-electron chi connectivity index (χ1n) is 11.5. The summed E-state index contributed by atoms with van der Waals surface area (Å²) >= 11 is 0.